The lowest BCUT2D eigenvalue weighted by Gasteiger charge is -2.32. The predicted octanol–water partition coefficient (Wildman–Crippen LogP) is 3.05. The zero-order chi connectivity index (χ0) is 19.1. The molecule has 0 unspecified atom stereocenters. The molecule has 0 amide bonds. The summed E-state index contributed by atoms with van der Waals surface area (Å²) >= 11 is 0. The summed E-state index contributed by atoms with van der Waals surface area (Å²) in [5.74, 6) is 1.47. The predicted molar refractivity (Wildman–Crippen MR) is 104 cm³/mol. The monoisotopic (exact) mass is 377 g/mol. The van der Waals surface area contributed by atoms with Crippen molar-refractivity contribution in [3.05, 3.63) is 60.2 Å². The average molecular weight is 377 g/mol. The van der Waals surface area contributed by atoms with Gasteiger partial charge in [0.2, 0.25) is 0 Å². The molecule has 142 valence electrons. The molecule has 0 radical (unpaired) electrons. The summed E-state index contributed by atoms with van der Waals surface area (Å²) in [5.41, 5.74) is 2.30. The summed E-state index contributed by atoms with van der Waals surface area (Å²) in [5, 5.41) is 17.3. The van der Waals surface area contributed by atoms with E-state index < -0.39 is 0 Å². The number of aryl methyl sites for hydroxylation is 1. The fourth-order valence-electron chi connectivity index (χ4n) is 3.85. The van der Waals surface area contributed by atoms with E-state index in [0.717, 1.165) is 31.7 Å². The third kappa shape index (κ3) is 2.90. The van der Waals surface area contributed by atoms with Crippen molar-refractivity contribution in [3.63, 3.8) is 0 Å². The molecule has 1 aliphatic rings. The summed E-state index contributed by atoms with van der Waals surface area (Å²) in [7, 11) is 1.95. The SMILES string of the molecule is Cn1cc(C2CCN(c3ccc4nnc(-c5ccccc5F)n4n3)CC2)cn1. The number of nitrogens with zero attached hydrogens (tertiary/aromatic N) is 7. The number of aromatic nitrogens is 6. The first-order valence-electron chi connectivity index (χ1n) is 9.40. The summed E-state index contributed by atoms with van der Waals surface area (Å²) < 4.78 is 17.7. The van der Waals surface area contributed by atoms with E-state index in [1.807, 2.05) is 30.1 Å². The number of halogens is 1. The standard InChI is InChI=1S/C20H20FN7/c1-26-13-15(12-22-26)14-8-10-27(11-9-14)19-7-6-18-23-24-20(28(18)25-19)16-4-2-3-5-17(16)21/h2-7,12-14H,8-11H2,1H3. The molecule has 28 heavy (non-hydrogen) atoms. The number of anilines is 1. The van der Waals surface area contributed by atoms with Gasteiger partial charge in [0.15, 0.2) is 11.5 Å². The van der Waals surface area contributed by atoms with E-state index in [2.05, 4.69) is 26.4 Å². The summed E-state index contributed by atoms with van der Waals surface area (Å²) in [6.45, 7) is 1.82. The van der Waals surface area contributed by atoms with Crippen molar-refractivity contribution in [1.82, 2.24) is 29.6 Å². The van der Waals surface area contributed by atoms with Gasteiger partial charge in [0.25, 0.3) is 0 Å². The molecule has 1 aliphatic heterocycles. The minimum atomic E-state index is -0.332. The Morgan fingerprint density at radius 3 is 2.61 bits per heavy atom. The maximum atomic E-state index is 14.2. The van der Waals surface area contributed by atoms with Crippen molar-refractivity contribution in [2.45, 2.75) is 18.8 Å². The van der Waals surface area contributed by atoms with Crippen molar-refractivity contribution in [2.24, 2.45) is 7.05 Å². The van der Waals surface area contributed by atoms with Gasteiger partial charge in [0.1, 0.15) is 11.6 Å². The van der Waals surface area contributed by atoms with E-state index in [0.29, 0.717) is 23.0 Å². The van der Waals surface area contributed by atoms with Crippen LogP contribution >= 0.6 is 0 Å². The molecule has 0 aliphatic carbocycles. The van der Waals surface area contributed by atoms with Gasteiger partial charge in [0, 0.05) is 26.3 Å². The molecule has 0 bridgehead atoms. The molecule has 0 spiro atoms. The second kappa shape index (κ2) is 6.70. The van der Waals surface area contributed by atoms with Crippen LogP contribution in [0.1, 0.15) is 24.3 Å². The highest BCUT2D eigenvalue weighted by atomic mass is 19.1. The Balaban J connectivity index is 1.41. The van der Waals surface area contributed by atoms with Gasteiger partial charge < -0.3 is 4.90 Å². The summed E-state index contributed by atoms with van der Waals surface area (Å²) in [6.07, 6.45) is 6.16. The van der Waals surface area contributed by atoms with Crippen LogP contribution in [0.4, 0.5) is 10.2 Å². The number of hydrogen-bond donors (Lipinski definition) is 0. The lowest BCUT2D eigenvalue weighted by Crippen LogP contribution is -2.33. The maximum absolute atomic E-state index is 14.2. The fourth-order valence-corrected chi connectivity index (χ4v) is 3.85. The molecule has 1 saturated heterocycles. The molecule has 3 aromatic heterocycles. The largest absolute Gasteiger partial charge is 0.355 e. The van der Waals surface area contributed by atoms with Crippen LogP contribution in [-0.4, -0.2) is 42.7 Å². The van der Waals surface area contributed by atoms with Gasteiger partial charge in [-0.15, -0.1) is 15.3 Å². The molecule has 4 heterocycles. The zero-order valence-corrected chi connectivity index (χ0v) is 15.5. The van der Waals surface area contributed by atoms with E-state index in [1.54, 1.807) is 22.7 Å². The van der Waals surface area contributed by atoms with Crippen LogP contribution in [0, 0.1) is 5.82 Å². The third-order valence-electron chi connectivity index (χ3n) is 5.38. The Labute approximate surface area is 161 Å². The van der Waals surface area contributed by atoms with Gasteiger partial charge in [-0.2, -0.15) is 9.61 Å². The number of benzene rings is 1. The number of rotatable bonds is 3. The zero-order valence-electron chi connectivity index (χ0n) is 15.5. The molecular weight excluding hydrogens is 357 g/mol. The summed E-state index contributed by atoms with van der Waals surface area (Å²) in [4.78, 5) is 2.26. The second-order valence-corrected chi connectivity index (χ2v) is 7.17. The number of piperidine rings is 1. The topological polar surface area (TPSA) is 64.1 Å². The van der Waals surface area contributed by atoms with E-state index in [-0.39, 0.29) is 5.82 Å². The molecular formula is C20H20FN7. The van der Waals surface area contributed by atoms with E-state index in [4.69, 9.17) is 5.10 Å². The smallest absolute Gasteiger partial charge is 0.188 e. The van der Waals surface area contributed by atoms with Crippen LogP contribution < -0.4 is 4.90 Å². The normalized spacial score (nSPS) is 15.4. The van der Waals surface area contributed by atoms with Crippen LogP contribution in [0.25, 0.3) is 17.0 Å². The first-order valence-corrected chi connectivity index (χ1v) is 9.40. The lowest BCUT2D eigenvalue weighted by atomic mass is 9.91. The van der Waals surface area contributed by atoms with Crippen molar-refractivity contribution in [3.8, 4) is 11.4 Å². The van der Waals surface area contributed by atoms with Gasteiger partial charge in [0.05, 0.1) is 11.8 Å². The van der Waals surface area contributed by atoms with E-state index in [1.165, 1.54) is 11.6 Å². The molecule has 1 fully saturated rings. The Kier molecular flexibility index (Phi) is 4.03. The first kappa shape index (κ1) is 16.9. The molecule has 0 N–H and O–H groups in total. The van der Waals surface area contributed by atoms with Gasteiger partial charge in [-0.05, 0) is 48.6 Å². The molecule has 8 heteroatoms. The Hall–Kier alpha value is -3.29. The first-order chi connectivity index (χ1) is 13.7. The Bertz CT molecular complexity index is 1120. The Morgan fingerprint density at radius 1 is 1.04 bits per heavy atom. The van der Waals surface area contributed by atoms with Crippen molar-refractivity contribution in [1.29, 1.82) is 0 Å². The van der Waals surface area contributed by atoms with Gasteiger partial charge in [-0.1, -0.05) is 12.1 Å². The third-order valence-corrected chi connectivity index (χ3v) is 5.38. The van der Waals surface area contributed by atoms with Crippen LogP contribution in [0.3, 0.4) is 0 Å². The van der Waals surface area contributed by atoms with Gasteiger partial charge >= 0.3 is 0 Å². The van der Waals surface area contributed by atoms with Crippen LogP contribution in [-0.2, 0) is 7.05 Å². The minimum Gasteiger partial charge on any atom is -0.355 e. The fraction of sp³-hybridized carbons (Fsp3) is 0.300. The van der Waals surface area contributed by atoms with Crippen molar-refractivity contribution in [2.75, 3.05) is 18.0 Å². The lowest BCUT2D eigenvalue weighted by molar-refractivity contribution is 0.500. The van der Waals surface area contributed by atoms with Gasteiger partial charge in [-0.3, -0.25) is 4.68 Å². The van der Waals surface area contributed by atoms with Gasteiger partial charge in [-0.25, -0.2) is 4.39 Å². The van der Waals surface area contributed by atoms with Crippen LogP contribution in [0.15, 0.2) is 48.8 Å². The van der Waals surface area contributed by atoms with Crippen molar-refractivity contribution >= 4 is 11.5 Å². The highest BCUT2D eigenvalue weighted by molar-refractivity contribution is 5.60. The molecule has 4 aromatic rings. The second-order valence-electron chi connectivity index (χ2n) is 7.17. The quantitative estimate of drug-likeness (QED) is 0.549. The molecule has 5 rings (SSSR count). The molecule has 1 aromatic carbocycles. The molecule has 7 nitrogen and oxygen atoms in total. The maximum Gasteiger partial charge on any atom is 0.188 e. The number of fused-ring (bicyclic) bond motifs is 1. The highest BCUT2D eigenvalue weighted by Gasteiger charge is 2.23. The highest BCUT2D eigenvalue weighted by Crippen LogP contribution is 2.30. The van der Waals surface area contributed by atoms with Crippen LogP contribution in [0.2, 0.25) is 0 Å². The van der Waals surface area contributed by atoms with Crippen LogP contribution in [0.5, 0.6) is 0 Å². The summed E-state index contributed by atoms with van der Waals surface area (Å²) in [6, 6.07) is 10.4. The van der Waals surface area contributed by atoms with Crippen molar-refractivity contribution < 1.29 is 4.39 Å². The Morgan fingerprint density at radius 2 is 1.86 bits per heavy atom. The molecule has 0 saturated carbocycles. The van der Waals surface area contributed by atoms with E-state index in [9.17, 15) is 4.39 Å². The molecule has 0 atom stereocenters. The minimum absolute atomic E-state index is 0.332. The average Bonchev–Trinajstić information content (AvgIpc) is 3.34. The number of hydrogen-bond acceptors (Lipinski definition) is 5. The van der Waals surface area contributed by atoms with E-state index >= 15 is 0 Å².